The molecule has 0 aliphatic heterocycles. The lowest BCUT2D eigenvalue weighted by atomic mass is 10.1. The fraction of sp³-hybridized carbons (Fsp3) is 0.364. The first-order valence-electron chi connectivity index (χ1n) is 5.12. The molecule has 0 aliphatic rings. The first-order valence-corrected chi connectivity index (χ1v) is 5.12. The van der Waals surface area contributed by atoms with E-state index in [4.69, 9.17) is 0 Å². The van der Waals surface area contributed by atoms with Crippen LogP contribution in [0.25, 0.3) is 0 Å². The van der Waals surface area contributed by atoms with Gasteiger partial charge in [0.1, 0.15) is 0 Å². The molecule has 0 unspecified atom stereocenters. The Bertz CT molecular complexity index is 462. The molecule has 0 fully saturated rings. The SMILES string of the molecule is CN(C)C(=O)Cc1ccc([N+](=O)[O-])c(OCF)c1. The second-order valence-electron chi connectivity index (χ2n) is 3.78. The first-order chi connectivity index (χ1) is 8.45. The summed E-state index contributed by atoms with van der Waals surface area (Å²) in [5.74, 6) is -0.332. The standard InChI is InChI=1S/C11H13FN2O4/c1-13(2)11(15)6-8-3-4-9(14(16)17)10(5-8)18-7-12/h3-5H,6-7H2,1-2H3. The molecule has 18 heavy (non-hydrogen) atoms. The van der Waals surface area contributed by atoms with Gasteiger partial charge in [-0.1, -0.05) is 6.07 Å². The van der Waals surface area contributed by atoms with E-state index in [1.54, 1.807) is 14.1 Å². The van der Waals surface area contributed by atoms with Crippen molar-refractivity contribution in [2.45, 2.75) is 6.42 Å². The third kappa shape index (κ3) is 3.41. The van der Waals surface area contributed by atoms with E-state index in [1.807, 2.05) is 0 Å². The number of alkyl halides is 1. The summed E-state index contributed by atoms with van der Waals surface area (Å²) in [7, 11) is 3.21. The van der Waals surface area contributed by atoms with Crippen LogP contribution in [0.3, 0.4) is 0 Å². The largest absolute Gasteiger partial charge is 0.456 e. The predicted molar refractivity (Wildman–Crippen MR) is 62.1 cm³/mol. The average Bonchev–Trinajstić information content (AvgIpc) is 2.29. The molecule has 1 amide bonds. The fourth-order valence-electron chi connectivity index (χ4n) is 1.33. The first kappa shape index (κ1) is 13.9. The van der Waals surface area contributed by atoms with E-state index in [0.29, 0.717) is 5.56 Å². The Labute approximate surface area is 103 Å². The monoisotopic (exact) mass is 256 g/mol. The van der Waals surface area contributed by atoms with Crippen molar-refractivity contribution in [3.8, 4) is 5.75 Å². The second-order valence-corrected chi connectivity index (χ2v) is 3.78. The fourth-order valence-corrected chi connectivity index (χ4v) is 1.33. The van der Waals surface area contributed by atoms with Crippen molar-refractivity contribution in [1.29, 1.82) is 0 Å². The molecule has 0 heterocycles. The highest BCUT2D eigenvalue weighted by Crippen LogP contribution is 2.28. The number of nitro groups is 1. The number of rotatable bonds is 5. The van der Waals surface area contributed by atoms with Crippen LogP contribution in [0.2, 0.25) is 0 Å². The lowest BCUT2D eigenvalue weighted by Gasteiger charge is -2.10. The molecule has 6 nitrogen and oxygen atoms in total. The molecule has 1 aromatic rings. The van der Waals surface area contributed by atoms with Crippen molar-refractivity contribution < 1.29 is 18.8 Å². The predicted octanol–water partition coefficient (Wildman–Crippen LogP) is 1.53. The van der Waals surface area contributed by atoms with Gasteiger partial charge in [-0.3, -0.25) is 14.9 Å². The van der Waals surface area contributed by atoms with E-state index in [1.165, 1.54) is 23.1 Å². The summed E-state index contributed by atoms with van der Waals surface area (Å²) in [5, 5.41) is 10.7. The molecule has 0 bridgehead atoms. The maximum Gasteiger partial charge on any atom is 0.311 e. The molecule has 0 spiro atoms. The van der Waals surface area contributed by atoms with Gasteiger partial charge in [-0.15, -0.1) is 0 Å². The number of likely N-dealkylation sites (N-methyl/N-ethyl adjacent to an activating group) is 1. The molecule has 0 radical (unpaired) electrons. The zero-order valence-electron chi connectivity index (χ0n) is 10.1. The highest BCUT2D eigenvalue weighted by atomic mass is 19.1. The summed E-state index contributed by atoms with van der Waals surface area (Å²) in [6, 6.07) is 3.95. The van der Waals surface area contributed by atoms with Crippen LogP contribution in [0.1, 0.15) is 5.56 Å². The van der Waals surface area contributed by atoms with Crippen molar-refractivity contribution in [1.82, 2.24) is 4.90 Å². The zero-order valence-corrected chi connectivity index (χ0v) is 10.1. The van der Waals surface area contributed by atoms with Crippen LogP contribution in [-0.2, 0) is 11.2 Å². The van der Waals surface area contributed by atoms with Gasteiger partial charge in [0.15, 0.2) is 0 Å². The molecular formula is C11H13FN2O4. The lowest BCUT2D eigenvalue weighted by Crippen LogP contribution is -2.23. The molecule has 0 saturated carbocycles. The highest BCUT2D eigenvalue weighted by molar-refractivity contribution is 5.78. The summed E-state index contributed by atoms with van der Waals surface area (Å²) >= 11 is 0. The number of carbonyl (C=O) groups excluding carboxylic acids is 1. The summed E-state index contributed by atoms with van der Waals surface area (Å²) in [6.45, 7) is -1.16. The van der Waals surface area contributed by atoms with Crippen LogP contribution >= 0.6 is 0 Å². The van der Waals surface area contributed by atoms with Crippen LogP contribution < -0.4 is 4.74 Å². The maximum absolute atomic E-state index is 12.1. The van der Waals surface area contributed by atoms with Crippen LogP contribution in [0.5, 0.6) is 5.75 Å². The summed E-state index contributed by atoms with van der Waals surface area (Å²) in [5.41, 5.74) is 0.205. The Morgan fingerprint density at radius 3 is 2.67 bits per heavy atom. The summed E-state index contributed by atoms with van der Waals surface area (Å²) in [4.78, 5) is 22.9. The van der Waals surface area contributed by atoms with Crippen molar-refractivity contribution in [3.05, 3.63) is 33.9 Å². The van der Waals surface area contributed by atoms with Gasteiger partial charge in [-0.25, -0.2) is 4.39 Å². The minimum atomic E-state index is -1.16. The number of nitro benzene ring substituents is 1. The maximum atomic E-state index is 12.1. The van der Waals surface area contributed by atoms with Crippen molar-refractivity contribution in [2.24, 2.45) is 0 Å². The van der Waals surface area contributed by atoms with Crippen LogP contribution in [-0.4, -0.2) is 36.7 Å². The Hall–Kier alpha value is -2.18. The number of ether oxygens (including phenoxy) is 1. The number of carbonyl (C=O) groups is 1. The second kappa shape index (κ2) is 5.95. The van der Waals surface area contributed by atoms with Gasteiger partial charge in [0.25, 0.3) is 0 Å². The number of halogens is 1. The van der Waals surface area contributed by atoms with E-state index in [2.05, 4.69) is 4.74 Å². The molecule has 0 N–H and O–H groups in total. The zero-order chi connectivity index (χ0) is 13.7. The topological polar surface area (TPSA) is 72.7 Å². The van der Waals surface area contributed by atoms with Gasteiger partial charge in [0.05, 0.1) is 11.3 Å². The van der Waals surface area contributed by atoms with Gasteiger partial charge in [-0.05, 0) is 11.6 Å². The molecule has 0 saturated heterocycles. The van der Waals surface area contributed by atoms with Crippen LogP contribution in [0, 0.1) is 10.1 Å². The Kier molecular flexibility index (Phi) is 4.59. The van der Waals surface area contributed by atoms with Gasteiger partial charge in [0.2, 0.25) is 18.5 Å². The molecule has 0 aliphatic carbocycles. The summed E-state index contributed by atoms with van der Waals surface area (Å²) in [6.07, 6.45) is 0.0770. The van der Waals surface area contributed by atoms with Gasteiger partial charge < -0.3 is 9.64 Å². The van der Waals surface area contributed by atoms with Crippen LogP contribution in [0.15, 0.2) is 18.2 Å². The minimum Gasteiger partial charge on any atom is -0.456 e. The molecule has 0 atom stereocenters. The van der Waals surface area contributed by atoms with E-state index in [9.17, 15) is 19.3 Å². The third-order valence-corrected chi connectivity index (χ3v) is 2.29. The number of nitrogens with zero attached hydrogens (tertiary/aromatic N) is 2. The molecule has 0 aromatic heterocycles. The Balaban J connectivity index is 2.99. The van der Waals surface area contributed by atoms with E-state index < -0.39 is 11.8 Å². The van der Waals surface area contributed by atoms with Crippen molar-refractivity contribution >= 4 is 11.6 Å². The normalized spacial score (nSPS) is 9.94. The third-order valence-electron chi connectivity index (χ3n) is 2.29. The molecule has 1 rings (SSSR count). The van der Waals surface area contributed by atoms with Crippen molar-refractivity contribution in [3.63, 3.8) is 0 Å². The van der Waals surface area contributed by atoms with Gasteiger partial charge >= 0.3 is 5.69 Å². The molecule has 7 heteroatoms. The van der Waals surface area contributed by atoms with Gasteiger partial charge in [0, 0.05) is 20.2 Å². The highest BCUT2D eigenvalue weighted by Gasteiger charge is 2.17. The minimum absolute atomic E-state index is 0.0770. The smallest absolute Gasteiger partial charge is 0.311 e. The number of hydrogen-bond acceptors (Lipinski definition) is 4. The van der Waals surface area contributed by atoms with Crippen LogP contribution in [0.4, 0.5) is 10.1 Å². The molecule has 98 valence electrons. The summed E-state index contributed by atoms with van der Waals surface area (Å²) < 4.78 is 16.7. The van der Waals surface area contributed by atoms with Crippen molar-refractivity contribution in [2.75, 3.05) is 21.0 Å². The number of amides is 1. The van der Waals surface area contributed by atoms with E-state index >= 15 is 0 Å². The molecular weight excluding hydrogens is 243 g/mol. The van der Waals surface area contributed by atoms with E-state index in [-0.39, 0.29) is 23.8 Å². The Morgan fingerprint density at radius 2 is 2.17 bits per heavy atom. The average molecular weight is 256 g/mol. The molecule has 1 aromatic carbocycles. The van der Waals surface area contributed by atoms with E-state index in [0.717, 1.165) is 0 Å². The quantitative estimate of drug-likeness (QED) is 0.591. The number of benzene rings is 1. The Morgan fingerprint density at radius 1 is 1.50 bits per heavy atom. The lowest BCUT2D eigenvalue weighted by molar-refractivity contribution is -0.386. The van der Waals surface area contributed by atoms with Gasteiger partial charge in [-0.2, -0.15) is 0 Å². The number of hydrogen-bond donors (Lipinski definition) is 0.